The fraction of sp³-hybridized carbons (Fsp3) is 0.714. The van der Waals surface area contributed by atoms with E-state index in [0.29, 0.717) is 12.8 Å². The number of carbonyl (C=O) groups is 1. The van der Waals surface area contributed by atoms with Gasteiger partial charge in [0.1, 0.15) is 5.78 Å². The van der Waals surface area contributed by atoms with Crippen LogP contribution in [0.1, 0.15) is 44.0 Å². The molecule has 0 spiro atoms. The Morgan fingerprint density at radius 3 is 2.89 bits per heavy atom. The average molecular weight is 329 g/mol. The van der Waals surface area contributed by atoms with Crippen molar-refractivity contribution in [2.24, 2.45) is 7.05 Å². The van der Waals surface area contributed by atoms with Crippen molar-refractivity contribution >= 4 is 21.7 Å². The maximum absolute atomic E-state index is 12.1. The van der Waals surface area contributed by atoms with Crippen molar-refractivity contribution in [1.29, 1.82) is 0 Å². The third kappa shape index (κ3) is 3.66. The van der Waals surface area contributed by atoms with Gasteiger partial charge in [0.05, 0.1) is 22.0 Å². The maximum atomic E-state index is 12.1. The lowest BCUT2D eigenvalue weighted by atomic mass is 10.0. The van der Waals surface area contributed by atoms with Gasteiger partial charge in [0, 0.05) is 26.5 Å². The van der Waals surface area contributed by atoms with E-state index in [-0.39, 0.29) is 11.9 Å². The van der Waals surface area contributed by atoms with Gasteiger partial charge in [-0.15, -0.1) is 0 Å². The second kappa shape index (κ2) is 6.66. The number of hydrogen-bond acceptors (Lipinski definition) is 3. The summed E-state index contributed by atoms with van der Waals surface area (Å²) in [5.74, 6) is 0.234. The van der Waals surface area contributed by atoms with E-state index in [1.165, 1.54) is 6.42 Å². The molecule has 0 aromatic carbocycles. The highest BCUT2D eigenvalue weighted by Gasteiger charge is 2.20. The van der Waals surface area contributed by atoms with Gasteiger partial charge in [0.25, 0.3) is 0 Å². The Labute approximate surface area is 122 Å². The van der Waals surface area contributed by atoms with Gasteiger partial charge in [-0.25, -0.2) is 0 Å². The number of ether oxygens (including phenoxy) is 1. The second-order valence-electron chi connectivity index (χ2n) is 5.09. The summed E-state index contributed by atoms with van der Waals surface area (Å²) in [6.45, 7) is 2.86. The van der Waals surface area contributed by atoms with Crippen LogP contribution in [0.5, 0.6) is 0 Å². The van der Waals surface area contributed by atoms with Crippen molar-refractivity contribution in [3.8, 4) is 0 Å². The number of carbonyl (C=O) groups excluding carboxylic acids is 1. The Kier molecular flexibility index (Phi) is 5.16. The number of aromatic nitrogens is 2. The molecule has 1 aliphatic heterocycles. The minimum Gasteiger partial charge on any atom is -0.378 e. The van der Waals surface area contributed by atoms with E-state index in [1.54, 1.807) is 0 Å². The van der Waals surface area contributed by atoms with Gasteiger partial charge in [-0.3, -0.25) is 9.48 Å². The summed E-state index contributed by atoms with van der Waals surface area (Å²) in [4.78, 5) is 12.1. The molecule has 0 radical (unpaired) electrons. The summed E-state index contributed by atoms with van der Waals surface area (Å²) in [6.07, 6.45) is 5.26. The molecule has 1 fully saturated rings. The third-order valence-corrected chi connectivity index (χ3v) is 4.51. The molecular formula is C14H21BrN2O2. The lowest BCUT2D eigenvalue weighted by molar-refractivity contribution is -0.122. The SMILES string of the molecule is CCc1nn(C)c(CC(=O)CC2CCCCO2)c1Br. The highest BCUT2D eigenvalue weighted by molar-refractivity contribution is 9.10. The number of ketones is 1. The topological polar surface area (TPSA) is 44.1 Å². The zero-order chi connectivity index (χ0) is 13.8. The molecule has 1 aromatic rings. The van der Waals surface area contributed by atoms with Crippen molar-refractivity contribution in [1.82, 2.24) is 9.78 Å². The van der Waals surface area contributed by atoms with Crippen LogP contribution in [0.3, 0.4) is 0 Å². The van der Waals surface area contributed by atoms with Crippen LogP contribution in [-0.2, 0) is 29.4 Å². The van der Waals surface area contributed by atoms with E-state index in [9.17, 15) is 4.79 Å². The summed E-state index contributed by atoms with van der Waals surface area (Å²) in [5, 5.41) is 4.41. The van der Waals surface area contributed by atoms with Gasteiger partial charge < -0.3 is 4.74 Å². The van der Waals surface area contributed by atoms with E-state index >= 15 is 0 Å². The predicted octanol–water partition coefficient (Wildman–Crippen LogP) is 2.82. The van der Waals surface area contributed by atoms with Crippen LogP contribution in [0.2, 0.25) is 0 Å². The van der Waals surface area contributed by atoms with Crippen molar-refractivity contribution in [3.63, 3.8) is 0 Å². The molecule has 1 saturated heterocycles. The van der Waals surface area contributed by atoms with Crippen molar-refractivity contribution in [2.75, 3.05) is 6.61 Å². The molecule has 2 heterocycles. The maximum Gasteiger partial charge on any atom is 0.141 e. The molecule has 0 saturated carbocycles. The minimum absolute atomic E-state index is 0.124. The summed E-state index contributed by atoms with van der Waals surface area (Å²) in [5.41, 5.74) is 1.98. The van der Waals surface area contributed by atoms with Gasteiger partial charge in [-0.05, 0) is 41.6 Å². The van der Waals surface area contributed by atoms with Gasteiger partial charge >= 0.3 is 0 Å². The molecule has 106 valence electrons. The first-order chi connectivity index (χ1) is 9.11. The molecule has 5 heteroatoms. The lowest BCUT2D eigenvalue weighted by Gasteiger charge is -2.21. The zero-order valence-corrected chi connectivity index (χ0v) is 13.2. The van der Waals surface area contributed by atoms with Gasteiger partial charge in [0.15, 0.2) is 0 Å². The van der Waals surface area contributed by atoms with E-state index < -0.39 is 0 Å². The van der Waals surface area contributed by atoms with Gasteiger partial charge in [-0.1, -0.05) is 6.92 Å². The Hall–Kier alpha value is -0.680. The molecule has 0 bridgehead atoms. The van der Waals surface area contributed by atoms with E-state index in [0.717, 1.165) is 41.7 Å². The standard InChI is InChI=1S/C14H21BrN2O2/c1-3-12-14(15)13(17(2)16-12)9-10(18)8-11-6-4-5-7-19-11/h11H,3-9H2,1-2H3. The van der Waals surface area contributed by atoms with Crippen molar-refractivity contribution in [3.05, 3.63) is 15.9 Å². The molecule has 0 N–H and O–H groups in total. The molecule has 0 amide bonds. The summed E-state index contributed by atoms with van der Waals surface area (Å²) >= 11 is 3.55. The zero-order valence-electron chi connectivity index (χ0n) is 11.6. The fourth-order valence-electron chi connectivity index (χ4n) is 2.49. The second-order valence-corrected chi connectivity index (χ2v) is 5.89. The Bertz CT molecular complexity index is 451. The molecule has 1 atom stereocenters. The van der Waals surface area contributed by atoms with E-state index in [1.807, 2.05) is 11.7 Å². The van der Waals surface area contributed by atoms with Gasteiger partial charge in [0.2, 0.25) is 0 Å². The lowest BCUT2D eigenvalue weighted by Crippen LogP contribution is -2.23. The molecular weight excluding hydrogens is 308 g/mol. The molecule has 1 unspecified atom stereocenters. The molecule has 2 rings (SSSR count). The summed E-state index contributed by atoms with van der Waals surface area (Å²) in [6, 6.07) is 0. The summed E-state index contributed by atoms with van der Waals surface area (Å²) in [7, 11) is 1.89. The van der Waals surface area contributed by atoms with Crippen LogP contribution in [0.25, 0.3) is 0 Å². The van der Waals surface area contributed by atoms with Crippen LogP contribution in [0, 0.1) is 0 Å². The number of nitrogens with zero attached hydrogens (tertiary/aromatic N) is 2. The number of halogens is 1. The van der Waals surface area contributed by atoms with Crippen LogP contribution < -0.4 is 0 Å². The first kappa shape index (κ1) is 14.7. The Balaban J connectivity index is 1.96. The van der Waals surface area contributed by atoms with Crippen LogP contribution in [-0.4, -0.2) is 28.3 Å². The first-order valence-electron chi connectivity index (χ1n) is 6.95. The monoisotopic (exact) mass is 328 g/mol. The number of rotatable bonds is 5. The smallest absolute Gasteiger partial charge is 0.141 e. The van der Waals surface area contributed by atoms with Crippen molar-refractivity contribution in [2.45, 2.75) is 51.6 Å². The first-order valence-corrected chi connectivity index (χ1v) is 7.74. The van der Waals surface area contributed by atoms with Crippen LogP contribution in [0.15, 0.2) is 4.47 Å². The highest BCUT2D eigenvalue weighted by atomic mass is 79.9. The highest BCUT2D eigenvalue weighted by Crippen LogP contribution is 2.23. The molecule has 0 aliphatic carbocycles. The summed E-state index contributed by atoms with van der Waals surface area (Å²) < 4.78 is 8.41. The third-order valence-electron chi connectivity index (χ3n) is 3.60. The Morgan fingerprint density at radius 2 is 2.32 bits per heavy atom. The molecule has 1 aliphatic rings. The fourth-order valence-corrected chi connectivity index (χ4v) is 3.25. The quantitative estimate of drug-likeness (QED) is 0.834. The van der Waals surface area contributed by atoms with E-state index in [2.05, 4.69) is 28.0 Å². The Morgan fingerprint density at radius 1 is 1.53 bits per heavy atom. The molecule has 19 heavy (non-hydrogen) atoms. The van der Waals surface area contributed by atoms with Gasteiger partial charge in [-0.2, -0.15) is 5.10 Å². The van der Waals surface area contributed by atoms with Crippen LogP contribution >= 0.6 is 15.9 Å². The molecule has 4 nitrogen and oxygen atoms in total. The van der Waals surface area contributed by atoms with E-state index in [4.69, 9.17) is 4.74 Å². The molecule has 1 aromatic heterocycles. The number of hydrogen-bond donors (Lipinski definition) is 0. The minimum atomic E-state index is 0.124. The predicted molar refractivity (Wildman–Crippen MR) is 77.2 cm³/mol. The van der Waals surface area contributed by atoms with Crippen LogP contribution in [0.4, 0.5) is 0 Å². The number of Topliss-reactive ketones (excluding diaryl/α,β-unsaturated/α-hetero) is 1. The largest absolute Gasteiger partial charge is 0.378 e. The van der Waals surface area contributed by atoms with Crippen molar-refractivity contribution < 1.29 is 9.53 Å². The average Bonchev–Trinajstić information content (AvgIpc) is 2.67. The normalized spacial score (nSPS) is 19.6. The number of aryl methyl sites for hydroxylation is 2.